The Labute approximate surface area is 102 Å². The molecule has 3 fully saturated rings. The highest BCUT2D eigenvalue weighted by molar-refractivity contribution is 5.85. The summed E-state index contributed by atoms with van der Waals surface area (Å²) in [5.41, 5.74) is 0. The van der Waals surface area contributed by atoms with Crippen LogP contribution in [-0.2, 0) is 9.53 Å². The first-order chi connectivity index (χ1) is 7.34. The summed E-state index contributed by atoms with van der Waals surface area (Å²) in [5.74, 6) is 0.226. The number of hydrogen-bond donors (Lipinski definition) is 1. The van der Waals surface area contributed by atoms with Crippen molar-refractivity contribution >= 4 is 18.3 Å². The van der Waals surface area contributed by atoms with Crippen molar-refractivity contribution < 1.29 is 9.53 Å². The number of carbonyl (C=O) groups is 1. The molecule has 3 atom stereocenters. The van der Waals surface area contributed by atoms with E-state index in [1.807, 2.05) is 4.90 Å². The van der Waals surface area contributed by atoms with Crippen LogP contribution in [0.3, 0.4) is 0 Å². The third-order valence-corrected chi connectivity index (χ3v) is 3.78. The minimum atomic E-state index is -0.161. The van der Waals surface area contributed by atoms with Gasteiger partial charge in [-0.25, -0.2) is 0 Å². The molecule has 0 aromatic carbocycles. The number of rotatable bonds is 1. The van der Waals surface area contributed by atoms with Gasteiger partial charge in [0, 0.05) is 25.6 Å². The molecular weight excluding hydrogens is 228 g/mol. The molecule has 4 nitrogen and oxygen atoms in total. The Balaban J connectivity index is 0.000000963. The average Bonchev–Trinajstić information content (AvgIpc) is 2.92. The van der Waals surface area contributed by atoms with Crippen LogP contribution in [0.5, 0.6) is 0 Å². The maximum Gasteiger partial charge on any atom is 0.251 e. The summed E-state index contributed by atoms with van der Waals surface area (Å²) < 4.78 is 5.81. The van der Waals surface area contributed by atoms with E-state index in [1.54, 1.807) is 0 Å². The predicted octanol–water partition coefficient (Wildman–Crippen LogP) is 0.550. The van der Waals surface area contributed by atoms with E-state index < -0.39 is 0 Å². The average molecular weight is 247 g/mol. The van der Waals surface area contributed by atoms with E-state index in [-0.39, 0.29) is 24.4 Å². The lowest BCUT2D eigenvalue weighted by atomic mass is 10.1. The lowest BCUT2D eigenvalue weighted by molar-refractivity contribution is -0.141. The van der Waals surface area contributed by atoms with Gasteiger partial charge >= 0.3 is 0 Å². The summed E-state index contributed by atoms with van der Waals surface area (Å²) in [5, 5.41) is 3.40. The van der Waals surface area contributed by atoms with Crippen molar-refractivity contribution in [3.05, 3.63) is 0 Å². The van der Waals surface area contributed by atoms with Crippen molar-refractivity contribution in [1.29, 1.82) is 0 Å². The molecule has 0 radical (unpaired) electrons. The van der Waals surface area contributed by atoms with Crippen LogP contribution in [0.1, 0.15) is 25.7 Å². The number of nitrogens with one attached hydrogen (secondary N) is 1. The number of carbonyl (C=O) groups excluding carboxylic acids is 1. The predicted molar refractivity (Wildman–Crippen MR) is 62.7 cm³/mol. The lowest BCUT2D eigenvalue weighted by Gasteiger charge is -2.20. The molecular formula is C11H19ClN2O2. The molecule has 3 heterocycles. The highest BCUT2D eigenvalue weighted by atomic mass is 35.5. The van der Waals surface area contributed by atoms with Crippen molar-refractivity contribution in [3.63, 3.8) is 0 Å². The topological polar surface area (TPSA) is 41.6 Å². The van der Waals surface area contributed by atoms with Gasteiger partial charge < -0.3 is 15.0 Å². The molecule has 5 heteroatoms. The lowest BCUT2D eigenvalue weighted by Crippen LogP contribution is -2.37. The molecule has 0 bridgehead atoms. The second-order valence-electron chi connectivity index (χ2n) is 4.78. The van der Waals surface area contributed by atoms with Gasteiger partial charge in [0.1, 0.15) is 6.10 Å². The van der Waals surface area contributed by atoms with Crippen LogP contribution >= 0.6 is 12.4 Å². The standard InChI is InChI=1S/C11H18N2O2.ClH/c14-11(13-5-1-2-6-13)10-7-8-9(15-10)3-4-12-8;/h8-10,12H,1-7H2;1H/t8-,9-,10+;/m1./s1. The summed E-state index contributed by atoms with van der Waals surface area (Å²) in [6.45, 7) is 2.91. The third kappa shape index (κ3) is 2.06. The number of ether oxygens (including phenoxy) is 1. The number of amides is 1. The van der Waals surface area contributed by atoms with Crippen molar-refractivity contribution in [3.8, 4) is 0 Å². The van der Waals surface area contributed by atoms with E-state index in [0.29, 0.717) is 12.1 Å². The molecule has 0 unspecified atom stereocenters. The fourth-order valence-electron chi connectivity index (χ4n) is 2.94. The molecule has 0 aromatic heterocycles. The zero-order chi connectivity index (χ0) is 10.3. The molecule has 3 rings (SSSR count). The van der Waals surface area contributed by atoms with E-state index in [1.165, 1.54) is 0 Å². The third-order valence-electron chi connectivity index (χ3n) is 3.78. The van der Waals surface area contributed by atoms with Crippen LogP contribution < -0.4 is 5.32 Å². The van der Waals surface area contributed by atoms with Gasteiger partial charge in [-0.3, -0.25) is 4.79 Å². The SMILES string of the molecule is Cl.O=C([C@@H]1C[C@H]2NCC[C@H]2O1)N1CCCC1. The molecule has 92 valence electrons. The first-order valence-corrected chi connectivity index (χ1v) is 6.02. The van der Waals surface area contributed by atoms with Gasteiger partial charge in [0.05, 0.1) is 6.10 Å². The normalized spacial score (nSPS) is 37.2. The Bertz CT molecular complexity index is 257. The zero-order valence-corrected chi connectivity index (χ0v) is 10.2. The molecule has 1 amide bonds. The van der Waals surface area contributed by atoms with Crippen LogP contribution in [0.15, 0.2) is 0 Å². The number of halogens is 1. The molecule has 3 saturated heterocycles. The summed E-state index contributed by atoms with van der Waals surface area (Å²) in [4.78, 5) is 14.0. The molecule has 0 aliphatic carbocycles. The monoisotopic (exact) mass is 246 g/mol. The number of likely N-dealkylation sites (tertiary alicyclic amines) is 1. The van der Waals surface area contributed by atoms with E-state index >= 15 is 0 Å². The second-order valence-corrected chi connectivity index (χ2v) is 4.78. The van der Waals surface area contributed by atoms with Crippen LogP contribution in [0.25, 0.3) is 0 Å². The summed E-state index contributed by atoms with van der Waals surface area (Å²) >= 11 is 0. The van der Waals surface area contributed by atoms with Gasteiger partial charge in [-0.1, -0.05) is 0 Å². The summed E-state index contributed by atoms with van der Waals surface area (Å²) in [6, 6.07) is 0.432. The van der Waals surface area contributed by atoms with Gasteiger partial charge in [-0.05, 0) is 25.8 Å². The Morgan fingerprint density at radius 1 is 1.31 bits per heavy atom. The van der Waals surface area contributed by atoms with Gasteiger partial charge in [0.15, 0.2) is 0 Å². The fourth-order valence-corrected chi connectivity index (χ4v) is 2.94. The van der Waals surface area contributed by atoms with Gasteiger partial charge in [0.25, 0.3) is 5.91 Å². The smallest absolute Gasteiger partial charge is 0.251 e. The van der Waals surface area contributed by atoms with E-state index in [9.17, 15) is 4.79 Å². The highest BCUT2D eigenvalue weighted by Crippen LogP contribution is 2.28. The number of hydrogen-bond acceptors (Lipinski definition) is 3. The Morgan fingerprint density at radius 2 is 2.06 bits per heavy atom. The minimum Gasteiger partial charge on any atom is -0.363 e. The number of nitrogens with zero attached hydrogens (tertiary/aromatic N) is 1. The van der Waals surface area contributed by atoms with Gasteiger partial charge in [-0.15, -0.1) is 12.4 Å². The van der Waals surface area contributed by atoms with Crippen LogP contribution in [0, 0.1) is 0 Å². The van der Waals surface area contributed by atoms with Crippen molar-refractivity contribution in [2.75, 3.05) is 19.6 Å². The first kappa shape index (κ1) is 12.1. The second kappa shape index (κ2) is 4.90. The van der Waals surface area contributed by atoms with Crippen molar-refractivity contribution in [2.45, 2.75) is 43.9 Å². The summed E-state index contributed by atoms with van der Waals surface area (Å²) in [6.07, 6.45) is 4.38. The molecule has 3 aliphatic rings. The van der Waals surface area contributed by atoms with E-state index in [2.05, 4.69) is 5.32 Å². The minimum absolute atomic E-state index is 0. The molecule has 0 saturated carbocycles. The summed E-state index contributed by atoms with van der Waals surface area (Å²) in [7, 11) is 0. The Kier molecular flexibility index (Phi) is 3.72. The molecule has 0 aromatic rings. The first-order valence-electron chi connectivity index (χ1n) is 6.02. The largest absolute Gasteiger partial charge is 0.363 e. The Hall–Kier alpha value is -0.320. The highest BCUT2D eigenvalue weighted by Gasteiger charge is 2.42. The van der Waals surface area contributed by atoms with E-state index in [0.717, 1.165) is 45.3 Å². The van der Waals surface area contributed by atoms with Crippen molar-refractivity contribution in [2.24, 2.45) is 0 Å². The molecule has 1 N–H and O–H groups in total. The molecule has 0 spiro atoms. The van der Waals surface area contributed by atoms with Crippen molar-refractivity contribution in [1.82, 2.24) is 10.2 Å². The van der Waals surface area contributed by atoms with Crippen LogP contribution in [0.2, 0.25) is 0 Å². The zero-order valence-electron chi connectivity index (χ0n) is 9.35. The van der Waals surface area contributed by atoms with E-state index in [4.69, 9.17) is 4.74 Å². The molecule has 3 aliphatic heterocycles. The van der Waals surface area contributed by atoms with Crippen LogP contribution in [0.4, 0.5) is 0 Å². The molecule has 16 heavy (non-hydrogen) atoms. The maximum absolute atomic E-state index is 12.1. The number of fused-ring (bicyclic) bond motifs is 1. The maximum atomic E-state index is 12.1. The Morgan fingerprint density at radius 3 is 2.75 bits per heavy atom. The van der Waals surface area contributed by atoms with Crippen LogP contribution in [-0.4, -0.2) is 48.7 Å². The fraction of sp³-hybridized carbons (Fsp3) is 0.909. The van der Waals surface area contributed by atoms with Gasteiger partial charge in [0.2, 0.25) is 0 Å². The quantitative estimate of drug-likeness (QED) is 0.735. The van der Waals surface area contributed by atoms with Gasteiger partial charge in [-0.2, -0.15) is 0 Å².